The summed E-state index contributed by atoms with van der Waals surface area (Å²) in [6, 6.07) is 16.1. The molecular formula is C22H28N5O+. The minimum absolute atomic E-state index is 0.537. The predicted octanol–water partition coefficient (Wildman–Crippen LogP) is 3.78. The lowest BCUT2D eigenvalue weighted by Gasteiger charge is -2.06. The Labute approximate surface area is 165 Å². The molecule has 3 aromatic rings. The number of nitrogens with one attached hydrogen (secondary N) is 2. The average Bonchev–Trinajstić information content (AvgIpc) is 3.12. The smallest absolute Gasteiger partial charge is 0.236 e. The number of H-pyrrole nitrogens is 1. The fourth-order valence-corrected chi connectivity index (χ4v) is 2.87. The molecule has 28 heavy (non-hydrogen) atoms. The summed E-state index contributed by atoms with van der Waals surface area (Å²) in [5.74, 6) is 6.82. The molecule has 0 aliphatic carbocycles. The number of rotatable bonds is 10. The number of benzene rings is 2. The van der Waals surface area contributed by atoms with E-state index in [-0.39, 0.29) is 0 Å². The van der Waals surface area contributed by atoms with Crippen molar-refractivity contribution < 1.29 is 9.53 Å². The van der Waals surface area contributed by atoms with Gasteiger partial charge >= 0.3 is 0 Å². The lowest BCUT2D eigenvalue weighted by molar-refractivity contribution is -0.576. The molecule has 0 bridgehead atoms. The number of fused-ring (bicyclic) bond motifs is 1. The van der Waals surface area contributed by atoms with Gasteiger partial charge in [-0.3, -0.25) is 4.99 Å². The molecule has 0 unspecified atom stereocenters. The Hall–Kier alpha value is -3.28. The van der Waals surface area contributed by atoms with Crippen molar-refractivity contribution in [2.24, 2.45) is 10.8 Å². The number of unbranched alkanes of at least 4 members (excludes halogenated alkanes) is 2. The Kier molecular flexibility index (Phi) is 7.07. The van der Waals surface area contributed by atoms with E-state index in [2.05, 4.69) is 34.5 Å². The molecule has 0 radical (unpaired) electrons. The van der Waals surface area contributed by atoms with Gasteiger partial charge in [0.25, 0.3) is 0 Å². The first-order valence-corrected chi connectivity index (χ1v) is 9.67. The number of hydrogen-bond acceptors (Lipinski definition) is 3. The van der Waals surface area contributed by atoms with Crippen LogP contribution < -0.4 is 16.0 Å². The fourth-order valence-electron chi connectivity index (χ4n) is 2.87. The second-order valence-electron chi connectivity index (χ2n) is 6.63. The van der Waals surface area contributed by atoms with Crippen LogP contribution in [0.2, 0.25) is 0 Å². The van der Waals surface area contributed by atoms with Crippen LogP contribution in [0.15, 0.2) is 59.7 Å². The van der Waals surface area contributed by atoms with Gasteiger partial charge in [0.2, 0.25) is 6.21 Å². The van der Waals surface area contributed by atoms with Crippen molar-refractivity contribution in [3.8, 4) is 5.75 Å². The van der Waals surface area contributed by atoms with Gasteiger partial charge < -0.3 is 9.72 Å². The molecule has 0 atom stereocenters. The van der Waals surface area contributed by atoms with Gasteiger partial charge in [-0.25, -0.2) is 0 Å². The molecular weight excluding hydrogens is 350 g/mol. The third-order valence-electron chi connectivity index (χ3n) is 4.40. The number of nitrogens with zero attached hydrogens (tertiary/aromatic N) is 2. The van der Waals surface area contributed by atoms with E-state index in [9.17, 15) is 0 Å². The summed E-state index contributed by atoms with van der Waals surface area (Å²) in [5.41, 5.74) is 6.08. The van der Waals surface area contributed by atoms with E-state index in [1.807, 2.05) is 48.8 Å². The number of aromatic nitrogens is 1. The van der Waals surface area contributed by atoms with Gasteiger partial charge in [-0.1, -0.05) is 50.1 Å². The molecule has 6 nitrogen and oxygen atoms in total. The molecule has 3 rings (SSSR count). The highest BCUT2D eigenvalue weighted by Crippen LogP contribution is 2.23. The van der Waals surface area contributed by atoms with E-state index in [1.165, 1.54) is 17.6 Å². The van der Waals surface area contributed by atoms with Crippen LogP contribution in [0.25, 0.3) is 10.9 Å². The number of hydrazone groups is 2. The van der Waals surface area contributed by atoms with Crippen LogP contribution in [-0.2, 0) is 6.61 Å². The largest absolute Gasteiger partial charge is 0.489 e. The number of aliphatic imine (C=N–C) groups is 1. The summed E-state index contributed by atoms with van der Waals surface area (Å²) in [4.78, 5) is 8.96. The molecule has 0 fully saturated rings. The van der Waals surface area contributed by atoms with Crippen molar-refractivity contribution in [3.05, 3.63) is 65.9 Å². The molecule has 0 spiro atoms. The standard InChI is InChI=1S/C22H27N5O/c1-2-3-7-12-24-17-26-27(23)15-19-14-25-22-11-10-20(13-21(19)22)28-16-18-8-5-4-6-9-18/h4-6,8-11,13-15,17H,2-3,7,12,16,23H2,1H3,(H,24,26)/p+1. The number of hydrazine groups is 2. The SMILES string of the molecule is CCCCCN=CN[N+](N)=Cc1c[nH]c2ccc(OCc3ccccc3)cc12. The van der Waals surface area contributed by atoms with Gasteiger partial charge in [0, 0.05) is 23.6 Å². The number of nitrogens with two attached hydrogens (primary N) is 1. The molecule has 0 amide bonds. The van der Waals surface area contributed by atoms with Crippen molar-refractivity contribution >= 4 is 23.5 Å². The molecule has 1 aromatic heterocycles. The highest BCUT2D eigenvalue weighted by Gasteiger charge is 2.08. The molecule has 0 aliphatic heterocycles. The van der Waals surface area contributed by atoms with Crippen molar-refractivity contribution in [1.29, 1.82) is 0 Å². The maximum absolute atomic E-state index is 6.00. The first-order valence-electron chi connectivity index (χ1n) is 9.67. The maximum Gasteiger partial charge on any atom is 0.236 e. The van der Waals surface area contributed by atoms with Gasteiger partial charge in [-0.2, -0.15) is 5.84 Å². The van der Waals surface area contributed by atoms with Crippen molar-refractivity contribution in [2.45, 2.75) is 32.8 Å². The van der Waals surface area contributed by atoms with Gasteiger partial charge in [0.05, 0.1) is 5.56 Å². The zero-order valence-corrected chi connectivity index (χ0v) is 16.3. The summed E-state index contributed by atoms with van der Waals surface area (Å²) >= 11 is 0. The highest BCUT2D eigenvalue weighted by atomic mass is 16.5. The second kappa shape index (κ2) is 10.2. The summed E-state index contributed by atoms with van der Waals surface area (Å²) < 4.78 is 5.93. The third kappa shape index (κ3) is 5.61. The van der Waals surface area contributed by atoms with Crippen LogP contribution in [0.5, 0.6) is 5.75 Å². The van der Waals surface area contributed by atoms with Gasteiger partial charge in [0.15, 0.2) is 0 Å². The van der Waals surface area contributed by atoms with E-state index in [1.54, 1.807) is 6.34 Å². The van der Waals surface area contributed by atoms with Crippen LogP contribution in [0.3, 0.4) is 0 Å². The maximum atomic E-state index is 6.00. The average molecular weight is 379 g/mol. The van der Waals surface area contributed by atoms with E-state index >= 15 is 0 Å². The topological polar surface area (TPSA) is 78.4 Å². The van der Waals surface area contributed by atoms with Crippen LogP contribution in [0.4, 0.5) is 0 Å². The Morgan fingerprint density at radius 2 is 2.04 bits per heavy atom. The molecule has 0 saturated heterocycles. The predicted molar refractivity (Wildman–Crippen MR) is 115 cm³/mol. The van der Waals surface area contributed by atoms with E-state index < -0.39 is 0 Å². The lowest BCUT2D eigenvalue weighted by atomic mass is 10.2. The van der Waals surface area contributed by atoms with Crippen molar-refractivity contribution in [2.75, 3.05) is 6.54 Å². The van der Waals surface area contributed by atoms with E-state index in [4.69, 9.17) is 10.6 Å². The Morgan fingerprint density at radius 3 is 2.86 bits per heavy atom. The minimum Gasteiger partial charge on any atom is -0.489 e. The Morgan fingerprint density at radius 1 is 1.18 bits per heavy atom. The molecule has 146 valence electrons. The lowest BCUT2D eigenvalue weighted by Crippen LogP contribution is -2.34. The Bertz CT molecular complexity index is 931. The Balaban J connectivity index is 1.64. The quantitative estimate of drug-likeness (QED) is 0.125. The summed E-state index contributed by atoms with van der Waals surface area (Å²) in [6.45, 7) is 3.52. The number of hydrogen-bond donors (Lipinski definition) is 3. The fraction of sp³-hybridized carbons (Fsp3) is 0.273. The molecule has 0 aliphatic rings. The zero-order chi connectivity index (χ0) is 19.6. The molecule has 6 heteroatoms. The van der Waals surface area contributed by atoms with Gasteiger partial charge in [-0.15, -0.1) is 5.43 Å². The monoisotopic (exact) mass is 378 g/mol. The van der Waals surface area contributed by atoms with Crippen molar-refractivity contribution in [1.82, 2.24) is 10.4 Å². The first kappa shape index (κ1) is 19.5. The summed E-state index contributed by atoms with van der Waals surface area (Å²) in [6.07, 6.45) is 8.85. The van der Waals surface area contributed by atoms with Crippen LogP contribution in [0, 0.1) is 0 Å². The van der Waals surface area contributed by atoms with E-state index in [0.717, 1.165) is 40.7 Å². The van der Waals surface area contributed by atoms with Gasteiger partial charge in [-0.05, 0) is 35.0 Å². The van der Waals surface area contributed by atoms with Crippen LogP contribution in [0.1, 0.15) is 37.3 Å². The van der Waals surface area contributed by atoms with Crippen LogP contribution in [-0.4, -0.2) is 28.9 Å². The minimum atomic E-state index is 0.537. The highest BCUT2D eigenvalue weighted by molar-refractivity contribution is 5.98. The molecule has 0 saturated carbocycles. The molecule has 1 heterocycles. The molecule has 2 aromatic carbocycles. The zero-order valence-electron chi connectivity index (χ0n) is 16.3. The second-order valence-corrected chi connectivity index (χ2v) is 6.63. The normalized spacial score (nSPS) is 12.0. The van der Waals surface area contributed by atoms with E-state index in [0.29, 0.717) is 6.61 Å². The van der Waals surface area contributed by atoms with Crippen LogP contribution >= 0.6 is 0 Å². The molecule has 4 N–H and O–H groups in total. The first-order chi connectivity index (χ1) is 13.8. The number of aromatic amines is 1. The third-order valence-corrected chi connectivity index (χ3v) is 4.40. The van der Waals surface area contributed by atoms with Gasteiger partial charge in [0.1, 0.15) is 18.7 Å². The van der Waals surface area contributed by atoms with Crippen molar-refractivity contribution in [3.63, 3.8) is 0 Å². The summed E-state index contributed by atoms with van der Waals surface area (Å²) in [5, 5.41) is 1.04. The number of ether oxygens (including phenoxy) is 1. The summed E-state index contributed by atoms with van der Waals surface area (Å²) in [7, 11) is 0.